The number of thioether (sulfide) groups is 1. The molecule has 0 bridgehead atoms. The maximum atomic E-state index is 14.1. The Morgan fingerprint density at radius 3 is 2.45 bits per heavy atom. The second-order valence-corrected chi connectivity index (χ2v) is 9.86. The number of nitrogens with one attached hydrogen (secondary N) is 1. The molecule has 3 aromatic carbocycles. The molecule has 8 heteroatoms. The van der Waals surface area contributed by atoms with Crippen LogP contribution in [-0.2, 0) is 15.6 Å². The van der Waals surface area contributed by atoms with E-state index in [1.807, 2.05) is 13.0 Å². The van der Waals surface area contributed by atoms with E-state index in [-0.39, 0.29) is 15.7 Å². The molecule has 3 aromatic rings. The van der Waals surface area contributed by atoms with Crippen LogP contribution in [0.2, 0.25) is 5.02 Å². The molecule has 0 atom stereocenters. The van der Waals surface area contributed by atoms with Crippen molar-refractivity contribution < 1.29 is 12.8 Å². The van der Waals surface area contributed by atoms with Gasteiger partial charge in [0.05, 0.1) is 4.90 Å². The third kappa shape index (κ3) is 5.47. The van der Waals surface area contributed by atoms with E-state index in [0.29, 0.717) is 16.3 Å². The van der Waals surface area contributed by atoms with E-state index < -0.39 is 20.6 Å². The maximum Gasteiger partial charge on any atom is 0.219 e. The van der Waals surface area contributed by atoms with E-state index >= 15 is 0 Å². The number of halogens is 2. The number of nitrogens with zero attached hydrogens (tertiary/aromatic N) is 1. The number of allylic oxidation sites excluding steroid dienone is 1. The molecule has 0 heterocycles. The van der Waals surface area contributed by atoms with Gasteiger partial charge in [0.2, 0.25) is 9.84 Å². The summed E-state index contributed by atoms with van der Waals surface area (Å²) in [5.41, 5.74) is 1.76. The number of benzene rings is 3. The van der Waals surface area contributed by atoms with Crippen LogP contribution >= 0.6 is 23.4 Å². The summed E-state index contributed by atoms with van der Waals surface area (Å²) in [5.74, 6) is -0.276. The Hall–Kier alpha value is -2.79. The standard InChI is InChI=1S/C23H18ClFN2O2S2/c1-16-11-12-18(24)13-21(16)27-23(30-15-17-7-5-6-10-20(17)25)22(14-26)31(28,29)19-8-3-2-4-9-19/h2-13,27H,15H2,1H3. The molecule has 4 nitrogen and oxygen atoms in total. The minimum Gasteiger partial charge on any atom is -0.348 e. The lowest BCUT2D eigenvalue weighted by molar-refractivity contribution is 0.603. The molecule has 0 aliphatic rings. The van der Waals surface area contributed by atoms with Crippen LogP contribution in [0.1, 0.15) is 11.1 Å². The first kappa shape index (κ1) is 22.9. The number of rotatable bonds is 7. The molecule has 1 N–H and O–H groups in total. The predicted molar refractivity (Wildman–Crippen MR) is 124 cm³/mol. The highest BCUT2D eigenvalue weighted by molar-refractivity contribution is 8.04. The van der Waals surface area contributed by atoms with Crippen molar-refractivity contribution in [3.63, 3.8) is 0 Å². The van der Waals surface area contributed by atoms with Crippen molar-refractivity contribution in [3.8, 4) is 6.07 Å². The van der Waals surface area contributed by atoms with Crippen molar-refractivity contribution in [3.05, 3.63) is 105 Å². The van der Waals surface area contributed by atoms with Crippen molar-refractivity contribution in [1.29, 1.82) is 5.26 Å². The summed E-state index contributed by atoms with van der Waals surface area (Å²) in [5, 5.41) is 13.4. The Bertz CT molecular complexity index is 1270. The zero-order valence-corrected chi connectivity index (χ0v) is 18.9. The lowest BCUT2D eigenvalue weighted by Crippen LogP contribution is -2.11. The van der Waals surface area contributed by atoms with E-state index in [9.17, 15) is 18.1 Å². The highest BCUT2D eigenvalue weighted by atomic mass is 35.5. The first-order chi connectivity index (χ1) is 14.8. The van der Waals surface area contributed by atoms with Gasteiger partial charge in [-0.15, -0.1) is 11.8 Å². The van der Waals surface area contributed by atoms with Gasteiger partial charge in [-0.2, -0.15) is 5.26 Å². The Kier molecular flexibility index (Phi) is 7.39. The highest BCUT2D eigenvalue weighted by Gasteiger charge is 2.26. The van der Waals surface area contributed by atoms with Crippen molar-refractivity contribution in [2.45, 2.75) is 17.6 Å². The average molecular weight is 473 g/mol. The van der Waals surface area contributed by atoms with Crippen molar-refractivity contribution in [2.24, 2.45) is 0 Å². The fraction of sp³-hybridized carbons (Fsp3) is 0.0870. The second kappa shape index (κ2) is 10.0. The molecule has 3 rings (SSSR count). The maximum absolute atomic E-state index is 14.1. The summed E-state index contributed by atoms with van der Waals surface area (Å²) < 4.78 is 40.5. The Morgan fingerprint density at radius 2 is 1.77 bits per heavy atom. The Morgan fingerprint density at radius 1 is 1.10 bits per heavy atom. The van der Waals surface area contributed by atoms with Crippen LogP contribution in [0.15, 0.2) is 87.6 Å². The third-order valence-electron chi connectivity index (χ3n) is 4.41. The van der Waals surface area contributed by atoms with E-state index in [0.717, 1.165) is 17.3 Å². The fourth-order valence-corrected chi connectivity index (χ4v) is 5.46. The zero-order chi connectivity index (χ0) is 22.4. The van der Waals surface area contributed by atoms with Crippen molar-refractivity contribution in [2.75, 3.05) is 5.32 Å². The first-order valence-electron chi connectivity index (χ1n) is 9.17. The summed E-state index contributed by atoms with van der Waals surface area (Å²) in [6, 6.07) is 20.9. The van der Waals surface area contributed by atoms with Gasteiger partial charge in [0, 0.05) is 16.5 Å². The van der Waals surface area contributed by atoms with Gasteiger partial charge >= 0.3 is 0 Å². The fourth-order valence-electron chi connectivity index (χ4n) is 2.73. The summed E-state index contributed by atoms with van der Waals surface area (Å²) >= 11 is 7.13. The molecule has 0 aliphatic carbocycles. The van der Waals surface area contributed by atoms with Crippen LogP contribution in [0.4, 0.5) is 10.1 Å². The molecular formula is C23H18ClFN2O2S2. The highest BCUT2D eigenvalue weighted by Crippen LogP contribution is 2.33. The molecule has 0 unspecified atom stereocenters. The van der Waals surface area contributed by atoms with Crippen LogP contribution in [0, 0.1) is 24.1 Å². The molecule has 0 saturated carbocycles. The molecule has 0 saturated heterocycles. The van der Waals surface area contributed by atoms with Crippen LogP contribution in [0.3, 0.4) is 0 Å². The van der Waals surface area contributed by atoms with Crippen LogP contribution in [0.25, 0.3) is 0 Å². The molecular weight excluding hydrogens is 455 g/mol. The van der Waals surface area contributed by atoms with E-state index in [1.54, 1.807) is 54.6 Å². The summed E-state index contributed by atoms with van der Waals surface area (Å²) in [6.45, 7) is 1.83. The average Bonchev–Trinajstić information content (AvgIpc) is 2.76. The largest absolute Gasteiger partial charge is 0.348 e. The number of sulfone groups is 1. The SMILES string of the molecule is Cc1ccc(Cl)cc1NC(SCc1ccccc1F)=C(C#N)S(=O)(=O)c1ccccc1. The lowest BCUT2D eigenvalue weighted by Gasteiger charge is -2.16. The lowest BCUT2D eigenvalue weighted by atomic mass is 10.2. The number of hydrogen-bond acceptors (Lipinski definition) is 5. The van der Waals surface area contributed by atoms with Gasteiger partial charge in [-0.05, 0) is 48.4 Å². The number of aryl methyl sites for hydroxylation is 1. The van der Waals surface area contributed by atoms with Crippen LogP contribution in [0.5, 0.6) is 0 Å². The Balaban J connectivity index is 2.09. The summed E-state index contributed by atoms with van der Waals surface area (Å²) in [7, 11) is -4.10. The van der Waals surface area contributed by atoms with E-state index in [1.165, 1.54) is 18.2 Å². The predicted octanol–water partition coefficient (Wildman–Crippen LogP) is 6.30. The number of hydrogen-bond donors (Lipinski definition) is 1. The van der Waals surface area contributed by atoms with Crippen LogP contribution < -0.4 is 5.32 Å². The topological polar surface area (TPSA) is 70.0 Å². The van der Waals surface area contributed by atoms with Gasteiger partial charge in [-0.1, -0.05) is 54.1 Å². The molecule has 0 spiro atoms. The molecule has 0 amide bonds. The smallest absolute Gasteiger partial charge is 0.219 e. The molecule has 31 heavy (non-hydrogen) atoms. The monoisotopic (exact) mass is 472 g/mol. The zero-order valence-electron chi connectivity index (χ0n) is 16.5. The number of anilines is 1. The quantitative estimate of drug-likeness (QED) is 0.408. The van der Waals surface area contributed by atoms with Crippen molar-refractivity contribution in [1.82, 2.24) is 0 Å². The van der Waals surface area contributed by atoms with E-state index in [2.05, 4.69) is 5.32 Å². The molecule has 0 aromatic heterocycles. The van der Waals surface area contributed by atoms with Gasteiger partial charge in [0.25, 0.3) is 0 Å². The van der Waals surface area contributed by atoms with Crippen molar-refractivity contribution >= 4 is 38.9 Å². The van der Waals surface area contributed by atoms with Gasteiger partial charge in [0.15, 0.2) is 4.91 Å². The molecule has 158 valence electrons. The first-order valence-corrected chi connectivity index (χ1v) is 12.0. The normalized spacial score (nSPS) is 12.1. The molecule has 0 aliphatic heterocycles. The molecule has 0 fully saturated rings. The third-order valence-corrected chi connectivity index (χ3v) is 7.55. The van der Waals surface area contributed by atoms with E-state index in [4.69, 9.17) is 11.6 Å². The number of nitriles is 1. The van der Waals surface area contributed by atoms with Crippen LogP contribution in [-0.4, -0.2) is 8.42 Å². The van der Waals surface area contributed by atoms with Gasteiger partial charge in [0.1, 0.15) is 16.9 Å². The minimum atomic E-state index is -4.10. The van der Waals surface area contributed by atoms with Gasteiger partial charge < -0.3 is 5.32 Å². The summed E-state index contributed by atoms with van der Waals surface area (Å²) in [4.78, 5) is -0.445. The van der Waals surface area contributed by atoms with Gasteiger partial charge in [-0.25, -0.2) is 12.8 Å². The Labute approximate surface area is 190 Å². The second-order valence-electron chi connectivity index (χ2n) is 6.55. The minimum absolute atomic E-state index is 0.000146. The molecule has 0 radical (unpaired) electrons. The van der Waals surface area contributed by atoms with Gasteiger partial charge in [-0.3, -0.25) is 0 Å². The summed E-state index contributed by atoms with van der Waals surface area (Å²) in [6.07, 6.45) is 0.